The second-order valence-electron chi connectivity index (χ2n) is 7.71. The van der Waals surface area contributed by atoms with Crippen LogP contribution in [0.15, 0.2) is 0 Å². The van der Waals surface area contributed by atoms with E-state index in [1.165, 1.54) is 0 Å². The van der Waals surface area contributed by atoms with Crippen LogP contribution in [-0.2, 0) is 23.7 Å². The van der Waals surface area contributed by atoms with Crippen molar-refractivity contribution in [2.45, 2.75) is 0 Å². The van der Waals surface area contributed by atoms with Crippen molar-refractivity contribution in [3.8, 4) is 0 Å². The predicted octanol–water partition coefficient (Wildman–Crippen LogP) is -3.29. The van der Waals surface area contributed by atoms with Gasteiger partial charge in [-0.05, 0) is 0 Å². The summed E-state index contributed by atoms with van der Waals surface area (Å²) in [5.41, 5.74) is 0. The summed E-state index contributed by atoms with van der Waals surface area (Å²) >= 11 is 0. The topological polar surface area (TPSA) is 211 Å². The van der Waals surface area contributed by atoms with E-state index in [1.54, 1.807) is 19.6 Å². The minimum Gasteiger partial charge on any atom is -0.480 e. The normalized spacial score (nSPS) is 18.7. The minimum absolute atomic E-state index is 0.215. The Balaban J connectivity index is 2.93. The van der Waals surface area contributed by atoms with Gasteiger partial charge < -0.3 is 30.4 Å². The molecular formula is C17H32N5O10P. The van der Waals surface area contributed by atoms with Gasteiger partial charge in [-0.3, -0.25) is 43.3 Å². The smallest absolute Gasteiger partial charge is 0.344 e. The number of carbonyl (C=O) groups excluding carboxylic acids is 1. The quantitative estimate of drug-likeness (QED) is 0.163. The highest BCUT2D eigenvalue weighted by atomic mass is 31.2. The molecule has 33 heavy (non-hydrogen) atoms. The Morgan fingerprint density at radius 1 is 0.606 bits per heavy atom. The summed E-state index contributed by atoms with van der Waals surface area (Å²) in [6.07, 6.45) is -0.810. The summed E-state index contributed by atoms with van der Waals surface area (Å²) in [7, 11) is -4.42. The Morgan fingerprint density at radius 2 is 0.879 bits per heavy atom. The molecule has 1 aliphatic rings. The molecule has 0 spiro atoms. The maximum absolute atomic E-state index is 12.1. The first-order valence-corrected chi connectivity index (χ1v) is 12.0. The molecule has 190 valence electrons. The van der Waals surface area contributed by atoms with Gasteiger partial charge in [-0.1, -0.05) is 0 Å². The van der Waals surface area contributed by atoms with Crippen LogP contribution in [0, 0.1) is 0 Å². The lowest BCUT2D eigenvalue weighted by Crippen LogP contribution is -2.49. The molecule has 0 aromatic heterocycles. The highest BCUT2D eigenvalue weighted by molar-refractivity contribution is 7.51. The molecule has 1 fully saturated rings. The fourth-order valence-corrected chi connectivity index (χ4v) is 3.62. The van der Waals surface area contributed by atoms with E-state index in [2.05, 4.69) is 5.32 Å². The first kappa shape index (κ1) is 28.9. The van der Waals surface area contributed by atoms with E-state index in [-0.39, 0.29) is 78.5 Å². The molecule has 1 heterocycles. The number of aliphatic carboxylic acids is 3. The molecule has 1 aliphatic heterocycles. The van der Waals surface area contributed by atoms with Crippen molar-refractivity contribution >= 4 is 31.4 Å². The highest BCUT2D eigenvalue weighted by Crippen LogP contribution is 2.31. The van der Waals surface area contributed by atoms with E-state index in [1.807, 2.05) is 0 Å². The standard InChI is InChI=1S/C17H32N5O10P/c23-14(18-13-33(30,31)32)9-19-1-3-20(10-15(24)25)5-7-22(12-17(28)29)8-6-21(4-2-19)11-16(26)27/h1-13H2,(H,18,23)(H,24,25)(H,26,27)(H,28,29)(H2,30,31,32). The van der Waals surface area contributed by atoms with Gasteiger partial charge >= 0.3 is 25.5 Å². The number of carbonyl (C=O) groups is 4. The largest absolute Gasteiger partial charge is 0.480 e. The third-order valence-corrected chi connectivity index (χ3v) is 5.43. The number of rotatable bonds is 10. The third-order valence-electron chi connectivity index (χ3n) is 4.86. The predicted molar refractivity (Wildman–Crippen MR) is 114 cm³/mol. The van der Waals surface area contributed by atoms with Crippen LogP contribution in [0.1, 0.15) is 0 Å². The lowest BCUT2D eigenvalue weighted by atomic mass is 10.3. The zero-order chi connectivity index (χ0) is 25.0. The number of nitrogens with zero attached hydrogens (tertiary/aromatic N) is 4. The third kappa shape index (κ3) is 14.6. The minimum atomic E-state index is -4.42. The highest BCUT2D eigenvalue weighted by Gasteiger charge is 2.22. The molecule has 0 atom stereocenters. The Kier molecular flexibility index (Phi) is 12.4. The van der Waals surface area contributed by atoms with E-state index < -0.39 is 37.7 Å². The second-order valence-corrected chi connectivity index (χ2v) is 9.35. The van der Waals surface area contributed by atoms with Crippen LogP contribution in [-0.4, -0.2) is 153 Å². The van der Waals surface area contributed by atoms with Gasteiger partial charge in [-0.15, -0.1) is 0 Å². The van der Waals surface area contributed by atoms with Crippen LogP contribution in [0.25, 0.3) is 0 Å². The Hall–Kier alpha value is -2.13. The number of carboxylic acids is 3. The molecular weight excluding hydrogens is 465 g/mol. The SMILES string of the molecule is O=C(O)CN1CCN(CC(=O)O)CCN(CC(=O)NCP(=O)(O)O)CCN(CC(=O)O)CC1. The van der Waals surface area contributed by atoms with Gasteiger partial charge in [0.05, 0.1) is 26.2 Å². The Labute approximate surface area is 190 Å². The molecule has 16 heteroatoms. The summed E-state index contributed by atoms with van der Waals surface area (Å²) in [5, 5.41) is 29.6. The van der Waals surface area contributed by atoms with Crippen LogP contribution >= 0.6 is 7.60 Å². The van der Waals surface area contributed by atoms with Gasteiger partial charge in [0.25, 0.3) is 0 Å². The molecule has 15 nitrogen and oxygen atoms in total. The lowest BCUT2D eigenvalue weighted by molar-refractivity contribution is -0.140. The average molecular weight is 497 g/mol. The molecule has 0 saturated carbocycles. The molecule has 1 amide bonds. The van der Waals surface area contributed by atoms with Gasteiger partial charge in [-0.2, -0.15) is 0 Å². The molecule has 1 rings (SSSR count). The number of amides is 1. The first-order valence-electron chi connectivity index (χ1n) is 10.2. The van der Waals surface area contributed by atoms with Crippen molar-refractivity contribution < 1.29 is 48.8 Å². The average Bonchev–Trinajstić information content (AvgIpc) is 2.66. The Morgan fingerprint density at radius 3 is 1.12 bits per heavy atom. The molecule has 0 aromatic carbocycles. The van der Waals surface area contributed by atoms with Crippen LogP contribution in [0.4, 0.5) is 0 Å². The second kappa shape index (κ2) is 14.2. The van der Waals surface area contributed by atoms with Crippen molar-refractivity contribution in [2.24, 2.45) is 0 Å². The zero-order valence-corrected chi connectivity index (χ0v) is 19.1. The molecule has 6 N–H and O–H groups in total. The van der Waals surface area contributed by atoms with Gasteiger partial charge in [0.1, 0.15) is 6.29 Å². The van der Waals surface area contributed by atoms with E-state index in [0.29, 0.717) is 0 Å². The molecule has 0 radical (unpaired) electrons. The number of hydrogen-bond acceptors (Lipinski definition) is 9. The maximum atomic E-state index is 12.1. The first-order chi connectivity index (χ1) is 15.3. The van der Waals surface area contributed by atoms with Gasteiger partial charge in [-0.25, -0.2) is 0 Å². The van der Waals surface area contributed by atoms with Gasteiger partial charge in [0, 0.05) is 52.4 Å². The number of carboxylic acid groups (broad SMARTS) is 3. The van der Waals surface area contributed by atoms with Gasteiger partial charge in [0.15, 0.2) is 0 Å². The van der Waals surface area contributed by atoms with Crippen molar-refractivity contribution in [1.29, 1.82) is 0 Å². The van der Waals surface area contributed by atoms with Crippen molar-refractivity contribution in [2.75, 3.05) is 84.8 Å². The maximum Gasteiger partial charge on any atom is 0.344 e. The van der Waals surface area contributed by atoms with E-state index in [9.17, 15) is 34.0 Å². The summed E-state index contributed by atoms with van der Waals surface area (Å²) in [6, 6.07) is 0. The molecule has 0 aliphatic carbocycles. The lowest BCUT2D eigenvalue weighted by Gasteiger charge is -2.32. The molecule has 1 saturated heterocycles. The number of nitrogens with one attached hydrogen (secondary N) is 1. The van der Waals surface area contributed by atoms with Crippen LogP contribution in [0.2, 0.25) is 0 Å². The summed E-state index contributed by atoms with van der Waals surface area (Å²) in [6.45, 7) is 0.873. The van der Waals surface area contributed by atoms with Crippen molar-refractivity contribution in [3.63, 3.8) is 0 Å². The van der Waals surface area contributed by atoms with E-state index >= 15 is 0 Å². The van der Waals surface area contributed by atoms with Gasteiger partial charge in [0.2, 0.25) is 5.91 Å². The fraction of sp³-hybridized carbons (Fsp3) is 0.765. The Bertz CT molecular complexity index is 701. The summed E-state index contributed by atoms with van der Waals surface area (Å²) in [4.78, 5) is 70.0. The van der Waals surface area contributed by atoms with Crippen LogP contribution in [0.5, 0.6) is 0 Å². The fourth-order valence-electron chi connectivity index (χ4n) is 3.24. The molecule has 0 bridgehead atoms. The molecule has 0 unspecified atom stereocenters. The van der Waals surface area contributed by atoms with Crippen LogP contribution in [0.3, 0.4) is 0 Å². The number of hydrogen-bond donors (Lipinski definition) is 6. The van der Waals surface area contributed by atoms with Crippen molar-refractivity contribution in [3.05, 3.63) is 0 Å². The summed E-state index contributed by atoms with van der Waals surface area (Å²) < 4.78 is 11.0. The molecule has 0 aromatic rings. The monoisotopic (exact) mass is 497 g/mol. The zero-order valence-electron chi connectivity index (χ0n) is 18.2. The van der Waals surface area contributed by atoms with Crippen molar-refractivity contribution in [1.82, 2.24) is 24.9 Å². The van der Waals surface area contributed by atoms with E-state index in [4.69, 9.17) is 14.9 Å². The van der Waals surface area contributed by atoms with Crippen LogP contribution < -0.4 is 5.32 Å². The summed E-state index contributed by atoms with van der Waals surface area (Å²) in [5.74, 6) is -3.81. The van der Waals surface area contributed by atoms with E-state index in [0.717, 1.165) is 0 Å².